The first-order valence-corrected chi connectivity index (χ1v) is 17.8. The molecule has 46 heavy (non-hydrogen) atoms. The van der Waals surface area contributed by atoms with Crippen molar-refractivity contribution in [3.05, 3.63) is 77.4 Å². The van der Waals surface area contributed by atoms with Crippen LogP contribution in [0.15, 0.2) is 70.5 Å². The molecular formula is C35H42ClN3O6S. The molecule has 2 aliphatic heterocycles. The normalized spacial score (nSPS) is 31.2. The molecule has 6 rings (SSSR count). The Balaban J connectivity index is 1.51. The van der Waals surface area contributed by atoms with Crippen molar-refractivity contribution < 1.29 is 28.0 Å². The molecular weight excluding hydrogens is 626 g/mol. The first-order chi connectivity index (χ1) is 22.0. The molecule has 0 unspecified atom stereocenters. The van der Waals surface area contributed by atoms with Crippen LogP contribution in [0.2, 0.25) is 5.02 Å². The molecule has 11 heteroatoms. The van der Waals surface area contributed by atoms with Crippen molar-refractivity contribution in [1.82, 2.24) is 4.72 Å². The third kappa shape index (κ3) is 6.24. The van der Waals surface area contributed by atoms with E-state index in [9.17, 15) is 13.8 Å². The van der Waals surface area contributed by atoms with E-state index in [1.165, 1.54) is 11.1 Å². The lowest BCUT2D eigenvalue weighted by atomic mass is 9.68. The van der Waals surface area contributed by atoms with Gasteiger partial charge in [0.1, 0.15) is 11.4 Å². The molecule has 1 N–H and O–H groups in total. The SMILES string of the molecule is C=CC(=O)N[S@@]1(=O)=NC(=O)C(C)(C)OC/C=C/[C@@H](OC)[C@@H]2CC[C@H]2CN2C[C@@]3(CCCc4cc(Cl)ccc43)COc3ccc1cc32. The maximum atomic E-state index is 14.6. The fourth-order valence-corrected chi connectivity index (χ4v) is 9.04. The summed E-state index contributed by atoms with van der Waals surface area (Å²) in [6.07, 6.45) is 9.77. The molecule has 2 aliphatic carbocycles. The summed E-state index contributed by atoms with van der Waals surface area (Å²) < 4.78 is 39.6. The lowest BCUT2D eigenvalue weighted by Gasteiger charge is -2.46. The van der Waals surface area contributed by atoms with E-state index in [1.54, 1.807) is 39.2 Å². The number of hydrogen-bond acceptors (Lipinski definition) is 7. The Kier molecular flexibility index (Phi) is 9.10. The third-order valence-corrected chi connectivity index (χ3v) is 12.0. The molecule has 2 aromatic carbocycles. The number of hydrogen-bond donors (Lipinski definition) is 1. The molecule has 2 aromatic rings. The van der Waals surface area contributed by atoms with Gasteiger partial charge in [0.2, 0.25) is 0 Å². The summed E-state index contributed by atoms with van der Waals surface area (Å²) in [7, 11) is -2.06. The number of carbonyl (C=O) groups is 2. The lowest BCUT2D eigenvalue weighted by Crippen LogP contribution is -2.49. The van der Waals surface area contributed by atoms with Gasteiger partial charge in [-0.3, -0.25) is 14.3 Å². The van der Waals surface area contributed by atoms with Gasteiger partial charge >= 0.3 is 0 Å². The highest BCUT2D eigenvalue weighted by Crippen LogP contribution is 2.47. The van der Waals surface area contributed by atoms with E-state index in [0.717, 1.165) is 55.4 Å². The number of fused-ring (bicyclic) bond motifs is 4. The van der Waals surface area contributed by atoms with E-state index in [-0.39, 0.29) is 23.0 Å². The van der Waals surface area contributed by atoms with Gasteiger partial charge in [-0.25, -0.2) is 4.21 Å². The molecule has 1 saturated carbocycles. The summed E-state index contributed by atoms with van der Waals surface area (Å²) in [4.78, 5) is 28.6. The second-order valence-corrected chi connectivity index (χ2v) is 15.6. The maximum Gasteiger partial charge on any atom is 0.287 e. The van der Waals surface area contributed by atoms with E-state index in [1.807, 2.05) is 18.2 Å². The van der Waals surface area contributed by atoms with E-state index < -0.39 is 27.3 Å². The Morgan fingerprint density at radius 3 is 2.80 bits per heavy atom. The van der Waals surface area contributed by atoms with Crippen LogP contribution in [0.25, 0.3) is 0 Å². The van der Waals surface area contributed by atoms with Crippen molar-refractivity contribution in [3.8, 4) is 5.75 Å². The van der Waals surface area contributed by atoms with Crippen LogP contribution in [0.3, 0.4) is 0 Å². The summed E-state index contributed by atoms with van der Waals surface area (Å²) in [5.41, 5.74) is 1.53. The van der Waals surface area contributed by atoms with Crippen molar-refractivity contribution >= 4 is 39.0 Å². The quantitative estimate of drug-likeness (QED) is 0.326. The predicted octanol–water partition coefficient (Wildman–Crippen LogP) is 5.79. The lowest BCUT2D eigenvalue weighted by molar-refractivity contribution is -0.137. The van der Waals surface area contributed by atoms with Crippen LogP contribution >= 0.6 is 11.6 Å². The van der Waals surface area contributed by atoms with Gasteiger partial charge in [0.15, 0.2) is 9.92 Å². The molecule has 0 radical (unpaired) electrons. The number of halogens is 1. The fraction of sp³-hybridized carbons (Fsp3) is 0.486. The molecule has 2 bridgehead atoms. The maximum absolute atomic E-state index is 14.6. The average molecular weight is 668 g/mol. The molecule has 2 amide bonds. The number of anilines is 1. The number of carbonyl (C=O) groups excluding carboxylic acids is 2. The minimum Gasteiger partial charge on any atom is -0.490 e. The molecule has 246 valence electrons. The van der Waals surface area contributed by atoms with Gasteiger partial charge in [-0.1, -0.05) is 36.4 Å². The number of benzene rings is 2. The smallest absolute Gasteiger partial charge is 0.287 e. The monoisotopic (exact) mass is 667 g/mol. The first kappa shape index (κ1) is 32.7. The minimum absolute atomic E-state index is 0.104. The van der Waals surface area contributed by atoms with Crippen molar-refractivity contribution in [1.29, 1.82) is 0 Å². The zero-order valence-electron chi connectivity index (χ0n) is 26.6. The zero-order valence-corrected chi connectivity index (χ0v) is 28.2. The number of rotatable bonds is 3. The summed E-state index contributed by atoms with van der Waals surface area (Å²) in [6.45, 7) is 8.66. The van der Waals surface area contributed by atoms with Crippen LogP contribution in [0.5, 0.6) is 5.75 Å². The van der Waals surface area contributed by atoms with Gasteiger partial charge in [-0.15, -0.1) is 4.36 Å². The molecule has 2 heterocycles. The molecule has 1 fully saturated rings. The average Bonchev–Trinajstić information content (AvgIpc) is 3.16. The van der Waals surface area contributed by atoms with Gasteiger partial charge in [0.25, 0.3) is 11.8 Å². The Hall–Kier alpha value is -3.18. The number of ether oxygens (including phenoxy) is 3. The Morgan fingerprint density at radius 2 is 2.07 bits per heavy atom. The highest BCUT2D eigenvalue weighted by atomic mass is 35.5. The minimum atomic E-state index is -3.78. The van der Waals surface area contributed by atoms with Crippen LogP contribution in [0.4, 0.5) is 5.69 Å². The number of methoxy groups -OCH3 is 1. The molecule has 0 saturated heterocycles. The van der Waals surface area contributed by atoms with E-state index >= 15 is 0 Å². The van der Waals surface area contributed by atoms with E-state index in [4.69, 9.17) is 25.8 Å². The zero-order chi connectivity index (χ0) is 32.7. The second kappa shape index (κ2) is 12.8. The number of aryl methyl sites for hydroxylation is 1. The van der Waals surface area contributed by atoms with Crippen LogP contribution in [0.1, 0.15) is 50.7 Å². The molecule has 0 aromatic heterocycles. The van der Waals surface area contributed by atoms with Crippen molar-refractivity contribution in [2.45, 2.75) is 68.0 Å². The van der Waals surface area contributed by atoms with Gasteiger partial charge in [0, 0.05) is 30.6 Å². The fourth-order valence-electron chi connectivity index (χ4n) is 7.25. The van der Waals surface area contributed by atoms with Crippen LogP contribution in [-0.4, -0.2) is 61.1 Å². The highest BCUT2D eigenvalue weighted by molar-refractivity contribution is 7.92. The largest absolute Gasteiger partial charge is 0.490 e. The topological polar surface area (TPSA) is 107 Å². The van der Waals surface area contributed by atoms with E-state index in [0.29, 0.717) is 30.7 Å². The van der Waals surface area contributed by atoms with Gasteiger partial charge in [0.05, 0.1) is 29.9 Å². The van der Waals surface area contributed by atoms with E-state index in [2.05, 4.69) is 32.7 Å². The predicted molar refractivity (Wildman–Crippen MR) is 179 cm³/mol. The summed E-state index contributed by atoms with van der Waals surface area (Å²) in [6, 6.07) is 11.3. The van der Waals surface area contributed by atoms with Crippen LogP contribution < -0.4 is 14.4 Å². The standard InChI is InChI=1S/C35H42ClN3O6S/c1-5-32(40)37-46(42)26-12-15-31-29(19-26)39(21-35(22-44-31)16-6-8-23-18-25(36)11-14-28(23)35)20-24-10-13-27(24)30(43-4)9-7-17-45-34(2,3)33(41)38-46/h5,7,9,11-12,14-15,18-19,24,27,30H,1,6,8,10,13,16-17,20-22H2,2-4H3,(H,37,38,40,41,42)/b9-7+/t24-,27+,30+,35-,46+/m0/s1. The molecule has 1 spiro atoms. The Bertz CT molecular complexity index is 1700. The number of amides is 2. The Labute approximate surface area is 276 Å². The summed E-state index contributed by atoms with van der Waals surface area (Å²) >= 11 is 6.43. The Morgan fingerprint density at radius 1 is 1.24 bits per heavy atom. The van der Waals surface area contributed by atoms with Gasteiger partial charge in [-0.2, -0.15) is 0 Å². The summed E-state index contributed by atoms with van der Waals surface area (Å²) in [5.74, 6) is -0.201. The van der Waals surface area contributed by atoms with Gasteiger partial charge < -0.3 is 19.1 Å². The summed E-state index contributed by atoms with van der Waals surface area (Å²) in [5, 5.41) is 0.725. The molecule has 5 atom stereocenters. The van der Waals surface area contributed by atoms with Crippen molar-refractivity contribution in [2.75, 3.05) is 38.3 Å². The number of nitrogens with one attached hydrogen (secondary N) is 1. The van der Waals surface area contributed by atoms with Crippen molar-refractivity contribution in [2.24, 2.45) is 16.2 Å². The van der Waals surface area contributed by atoms with Crippen LogP contribution in [-0.2, 0) is 40.8 Å². The van der Waals surface area contributed by atoms with Crippen LogP contribution in [0, 0.1) is 11.8 Å². The number of nitrogens with zero attached hydrogens (tertiary/aromatic N) is 2. The molecule has 9 nitrogen and oxygen atoms in total. The third-order valence-electron chi connectivity index (χ3n) is 9.97. The highest BCUT2D eigenvalue weighted by Gasteiger charge is 2.44. The van der Waals surface area contributed by atoms with Gasteiger partial charge in [-0.05, 0) is 105 Å². The second-order valence-electron chi connectivity index (χ2n) is 13.3. The first-order valence-electron chi connectivity index (χ1n) is 15.9. The van der Waals surface area contributed by atoms with Crippen molar-refractivity contribution in [3.63, 3.8) is 0 Å². The molecule has 4 aliphatic rings.